The van der Waals surface area contributed by atoms with Crippen molar-refractivity contribution in [2.45, 2.75) is 33.6 Å². The van der Waals surface area contributed by atoms with E-state index in [4.69, 9.17) is 10.5 Å². The molecule has 5 nitrogen and oxygen atoms in total. The Bertz CT molecular complexity index is 673. The van der Waals surface area contributed by atoms with Gasteiger partial charge in [-0.05, 0) is 18.4 Å². The third-order valence-electron chi connectivity index (χ3n) is 3.83. The number of Topliss-reactive ketones (excluding diaryl/α,β-unsaturated/α-hetero) is 1. The molecule has 1 aliphatic heterocycles. The van der Waals surface area contributed by atoms with Crippen molar-refractivity contribution in [1.82, 2.24) is 0 Å². The van der Waals surface area contributed by atoms with Crippen molar-refractivity contribution in [3.8, 4) is 6.07 Å². The van der Waals surface area contributed by atoms with E-state index >= 15 is 0 Å². The van der Waals surface area contributed by atoms with Crippen LogP contribution in [0, 0.1) is 22.7 Å². The van der Waals surface area contributed by atoms with Gasteiger partial charge in [-0.15, -0.1) is 0 Å². The van der Waals surface area contributed by atoms with Crippen LogP contribution in [0.5, 0.6) is 0 Å². The van der Waals surface area contributed by atoms with Gasteiger partial charge < -0.3 is 15.6 Å². The Kier molecular flexibility index (Phi) is 4.14. The number of ether oxygens (including phenoxy) is 1. The molecule has 22 heavy (non-hydrogen) atoms. The Balaban J connectivity index is 2.58. The predicted octanol–water partition coefficient (Wildman–Crippen LogP) is 2.99. The fourth-order valence-corrected chi connectivity index (χ4v) is 2.87. The molecular weight excluding hydrogens is 280 g/mol. The average molecular weight is 300 g/mol. The number of hydrogen-bond donors (Lipinski definition) is 2. The average Bonchev–Trinajstić information content (AvgIpc) is 2.41. The van der Waals surface area contributed by atoms with E-state index in [1.165, 1.54) is 6.08 Å². The maximum absolute atomic E-state index is 12.5. The summed E-state index contributed by atoms with van der Waals surface area (Å²) in [6, 6.07) is 1.95. The molecule has 0 bridgehead atoms. The Hall–Kier alpha value is -2.48. The van der Waals surface area contributed by atoms with Crippen LogP contribution in [0.4, 0.5) is 0 Å². The van der Waals surface area contributed by atoms with Gasteiger partial charge in [0.05, 0.1) is 5.92 Å². The van der Waals surface area contributed by atoms with Crippen LogP contribution >= 0.6 is 0 Å². The molecule has 0 radical (unpaired) electrons. The molecule has 2 aliphatic rings. The topological polar surface area (TPSA) is 96.3 Å². The largest absolute Gasteiger partial charge is 0.511 e. The normalized spacial score (nSPS) is 25.1. The summed E-state index contributed by atoms with van der Waals surface area (Å²) in [4.78, 5) is 12.5. The summed E-state index contributed by atoms with van der Waals surface area (Å²) in [5.41, 5.74) is 6.02. The highest BCUT2D eigenvalue weighted by atomic mass is 16.5. The number of ketones is 1. The molecule has 3 N–H and O–H groups in total. The summed E-state index contributed by atoms with van der Waals surface area (Å²) >= 11 is 0. The number of nitrogens with two attached hydrogens (primary N) is 1. The Labute approximate surface area is 130 Å². The maximum Gasteiger partial charge on any atom is 0.205 e. The van der Waals surface area contributed by atoms with E-state index in [0.717, 1.165) is 0 Å². The zero-order valence-electron chi connectivity index (χ0n) is 13.0. The van der Waals surface area contributed by atoms with Crippen LogP contribution in [-0.2, 0) is 9.53 Å². The van der Waals surface area contributed by atoms with E-state index in [1.807, 2.05) is 26.8 Å². The Morgan fingerprint density at radius 3 is 2.77 bits per heavy atom. The second-order valence-electron chi connectivity index (χ2n) is 6.32. The highest BCUT2D eigenvalue weighted by molar-refractivity contribution is 5.99. The molecule has 5 heteroatoms. The van der Waals surface area contributed by atoms with Gasteiger partial charge in [-0.1, -0.05) is 26.0 Å². The lowest BCUT2D eigenvalue weighted by molar-refractivity contribution is -0.119. The fraction of sp³-hybridized carbons (Fsp3) is 0.412. The van der Waals surface area contributed by atoms with Crippen LogP contribution in [0.1, 0.15) is 33.6 Å². The molecule has 0 aromatic rings. The van der Waals surface area contributed by atoms with E-state index in [2.05, 4.69) is 0 Å². The monoisotopic (exact) mass is 300 g/mol. The van der Waals surface area contributed by atoms with Gasteiger partial charge in [-0.2, -0.15) is 5.26 Å². The number of allylic oxidation sites excluding steroid dienone is 5. The zero-order valence-corrected chi connectivity index (χ0v) is 13.0. The first kappa shape index (κ1) is 15.9. The van der Waals surface area contributed by atoms with E-state index < -0.39 is 5.92 Å². The molecule has 2 rings (SSSR count). The number of aliphatic hydroxyl groups excluding tert-OH is 1. The molecule has 0 saturated heterocycles. The number of aliphatic hydroxyl groups is 1. The van der Waals surface area contributed by atoms with Gasteiger partial charge in [-0.25, -0.2) is 0 Å². The van der Waals surface area contributed by atoms with Gasteiger partial charge in [0.25, 0.3) is 0 Å². The minimum atomic E-state index is -0.839. The second-order valence-corrected chi connectivity index (χ2v) is 6.32. The van der Waals surface area contributed by atoms with Crippen LogP contribution in [0.15, 0.2) is 46.8 Å². The van der Waals surface area contributed by atoms with E-state index in [-0.39, 0.29) is 28.4 Å². The maximum atomic E-state index is 12.5. The third kappa shape index (κ3) is 2.77. The molecule has 0 amide bonds. The molecule has 0 saturated carbocycles. The number of carbonyl (C=O) groups is 1. The van der Waals surface area contributed by atoms with Crippen molar-refractivity contribution in [1.29, 1.82) is 5.26 Å². The van der Waals surface area contributed by atoms with Crippen molar-refractivity contribution in [2.24, 2.45) is 17.1 Å². The summed E-state index contributed by atoms with van der Waals surface area (Å²) in [6.07, 6.45) is 5.75. The minimum Gasteiger partial charge on any atom is -0.511 e. The van der Waals surface area contributed by atoms with Gasteiger partial charge in [0, 0.05) is 18.4 Å². The van der Waals surface area contributed by atoms with E-state index in [0.29, 0.717) is 24.2 Å². The summed E-state index contributed by atoms with van der Waals surface area (Å²) < 4.78 is 5.52. The van der Waals surface area contributed by atoms with Gasteiger partial charge in [0.15, 0.2) is 5.78 Å². The third-order valence-corrected chi connectivity index (χ3v) is 3.83. The molecule has 0 spiro atoms. The van der Waals surface area contributed by atoms with Crippen LogP contribution in [-0.4, -0.2) is 10.9 Å². The van der Waals surface area contributed by atoms with Crippen LogP contribution in [0.2, 0.25) is 0 Å². The smallest absolute Gasteiger partial charge is 0.205 e. The lowest BCUT2D eigenvalue weighted by Crippen LogP contribution is -2.35. The highest BCUT2D eigenvalue weighted by Crippen LogP contribution is 2.45. The molecule has 1 unspecified atom stereocenters. The van der Waals surface area contributed by atoms with Crippen LogP contribution in [0.25, 0.3) is 0 Å². The van der Waals surface area contributed by atoms with Crippen molar-refractivity contribution < 1.29 is 14.6 Å². The molecule has 1 aliphatic carbocycles. The summed E-state index contributed by atoms with van der Waals surface area (Å²) in [7, 11) is 0. The van der Waals surface area contributed by atoms with Crippen molar-refractivity contribution in [3.05, 3.63) is 46.8 Å². The number of nitriles is 1. The molecule has 116 valence electrons. The predicted molar refractivity (Wildman–Crippen MR) is 82.0 cm³/mol. The Morgan fingerprint density at radius 1 is 1.50 bits per heavy atom. The van der Waals surface area contributed by atoms with Crippen molar-refractivity contribution in [3.63, 3.8) is 0 Å². The SMILES string of the molecule is CC=CC=C(O)C1C(C#N)=C(N)OC2=C1C(=O)CC(C)(C)C2. The molecule has 1 heterocycles. The number of hydrogen-bond acceptors (Lipinski definition) is 5. The first-order valence-corrected chi connectivity index (χ1v) is 7.16. The fourth-order valence-electron chi connectivity index (χ4n) is 2.87. The van der Waals surface area contributed by atoms with Crippen molar-refractivity contribution in [2.75, 3.05) is 0 Å². The molecule has 0 aromatic carbocycles. The number of rotatable bonds is 2. The first-order chi connectivity index (χ1) is 10.3. The lowest BCUT2D eigenvalue weighted by Gasteiger charge is -2.36. The lowest BCUT2D eigenvalue weighted by atomic mass is 9.71. The molecule has 1 atom stereocenters. The van der Waals surface area contributed by atoms with Gasteiger partial charge in [0.2, 0.25) is 5.88 Å². The first-order valence-electron chi connectivity index (χ1n) is 7.16. The van der Waals surface area contributed by atoms with E-state index in [1.54, 1.807) is 12.2 Å². The van der Waals surface area contributed by atoms with Crippen LogP contribution < -0.4 is 5.73 Å². The summed E-state index contributed by atoms with van der Waals surface area (Å²) in [6.45, 7) is 5.76. The molecular formula is C17H20N2O3. The van der Waals surface area contributed by atoms with Gasteiger partial charge in [0.1, 0.15) is 23.2 Å². The number of carbonyl (C=O) groups excluding carboxylic acids is 1. The van der Waals surface area contributed by atoms with E-state index in [9.17, 15) is 15.2 Å². The standard InChI is InChI=1S/C17H20N2O3/c1-4-5-6-11(20)14-10(9-18)16(19)22-13-8-17(2,3)7-12(21)15(13)14/h4-6,14,20H,7-8,19H2,1-3H3. The quantitative estimate of drug-likeness (QED) is 0.603. The second kappa shape index (κ2) is 5.72. The Morgan fingerprint density at radius 2 is 2.18 bits per heavy atom. The minimum absolute atomic E-state index is 0.0443. The van der Waals surface area contributed by atoms with Gasteiger partial charge in [-0.3, -0.25) is 4.79 Å². The molecule has 0 aromatic heterocycles. The van der Waals surface area contributed by atoms with Crippen molar-refractivity contribution >= 4 is 5.78 Å². The molecule has 0 fully saturated rings. The number of nitrogens with zero attached hydrogens (tertiary/aromatic N) is 1. The summed E-state index contributed by atoms with van der Waals surface area (Å²) in [5, 5.41) is 19.7. The highest BCUT2D eigenvalue weighted by Gasteiger charge is 2.43. The van der Waals surface area contributed by atoms with Crippen LogP contribution in [0.3, 0.4) is 0 Å². The van der Waals surface area contributed by atoms with Gasteiger partial charge >= 0.3 is 0 Å². The zero-order chi connectivity index (χ0) is 16.5. The summed E-state index contributed by atoms with van der Waals surface area (Å²) in [5.74, 6) is -0.618.